The Morgan fingerprint density at radius 1 is 1.23 bits per heavy atom. The fraction of sp³-hybridized carbons (Fsp3) is 0.267. The molecule has 0 saturated heterocycles. The molecule has 6 nitrogen and oxygen atoms in total. The minimum Gasteiger partial charge on any atom is -0.361 e. The molecule has 0 fully saturated rings. The van der Waals surface area contributed by atoms with Crippen LogP contribution in [0.5, 0.6) is 0 Å². The van der Waals surface area contributed by atoms with Crippen molar-refractivity contribution in [2.75, 3.05) is 18.4 Å². The number of aryl methyl sites for hydroxylation is 2. The van der Waals surface area contributed by atoms with Gasteiger partial charge in [-0.2, -0.15) is 5.10 Å². The number of aromatic nitrogens is 2. The molecule has 116 valence electrons. The molecule has 1 aromatic carbocycles. The first-order valence-electron chi connectivity index (χ1n) is 6.95. The molecule has 0 aliphatic heterocycles. The van der Waals surface area contributed by atoms with Crippen molar-refractivity contribution < 1.29 is 4.79 Å². The maximum Gasteiger partial charge on any atom is 0.271 e. The molecule has 1 amide bonds. The average molecular weight is 317 g/mol. The number of rotatable bonds is 5. The van der Waals surface area contributed by atoms with Crippen molar-refractivity contribution in [1.29, 1.82) is 0 Å². The molecule has 22 heavy (non-hydrogen) atoms. The normalized spacial score (nSPS) is 10.1. The third-order valence-corrected chi connectivity index (χ3v) is 3.32. The van der Waals surface area contributed by atoms with Gasteiger partial charge in [-0.05, 0) is 37.3 Å². The molecule has 0 aliphatic rings. The lowest BCUT2D eigenvalue weighted by atomic mass is 10.3. The molecule has 7 heteroatoms. The first kappa shape index (κ1) is 16.0. The van der Waals surface area contributed by atoms with E-state index in [4.69, 9.17) is 12.2 Å². The Hall–Kier alpha value is -2.41. The van der Waals surface area contributed by atoms with Gasteiger partial charge in [-0.15, -0.1) is 0 Å². The van der Waals surface area contributed by atoms with E-state index in [-0.39, 0.29) is 5.91 Å². The van der Waals surface area contributed by atoms with Gasteiger partial charge in [0.05, 0.1) is 0 Å². The molecular formula is C15H19N5OS. The lowest BCUT2D eigenvalue weighted by Crippen LogP contribution is -2.36. The van der Waals surface area contributed by atoms with Crippen molar-refractivity contribution in [1.82, 2.24) is 20.4 Å². The van der Waals surface area contributed by atoms with Gasteiger partial charge in [0.1, 0.15) is 5.69 Å². The first-order valence-corrected chi connectivity index (χ1v) is 7.36. The highest BCUT2D eigenvalue weighted by Crippen LogP contribution is 2.04. The molecule has 2 rings (SSSR count). The number of thiocarbonyl (C=S) groups is 1. The first-order chi connectivity index (χ1) is 10.6. The number of carbonyl (C=O) groups excluding carboxylic acids is 1. The van der Waals surface area contributed by atoms with Crippen LogP contribution < -0.4 is 16.0 Å². The second-order valence-electron chi connectivity index (χ2n) is 4.80. The summed E-state index contributed by atoms with van der Waals surface area (Å²) in [6.07, 6.45) is 0. The molecule has 0 unspecified atom stereocenters. The Kier molecular flexibility index (Phi) is 5.48. The van der Waals surface area contributed by atoms with Crippen LogP contribution in [0.3, 0.4) is 0 Å². The van der Waals surface area contributed by atoms with Gasteiger partial charge >= 0.3 is 0 Å². The van der Waals surface area contributed by atoms with Crippen LogP contribution in [0.1, 0.15) is 16.2 Å². The van der Waals surface area contributed by atoms with Gasteiger partial charge in [0, 0.05) is 31.5 Å². The lowest BCUT2D eigenvalue weighted by molar-refractivity contribution is 0.0948. The molecule has 2 aromatic rings. The number of amides is 1. The quantitative estimate of drug-likeness (QED) is 0.575. The monoisotopic (exact) mass is 317 g/mol. The summed E-state index contributed by atoms with van der Waals surface area (Å²) in [5.41, 5.74) is 2.29. The summed E-state index contributed by atoms with van der Waals surface area (Å²) in [6.45, 7) is 2.90. The highest BCUT2D eigenvalue weighted by atomic mass is 32.1. The summed E-state index contributed by atoms with van der Waals surface area (Å²) < 4.78 is 1.67. The van der Waals surface area contributed by atoms with Gasteiger partial charge in [-0.25, -0.2) is 0 Å². The topological polar surface area (TPSA) is 71.0 Å². The zero-order chi connectivity index (χ0) is 15.9. The van der Waals surface area contributed by atoms with E-state index in [1.54, 1.807) is 17.8 Å². The van der Waals surface area contributed by atoms with Gasteiger partial charge < -0.3 is 16.0 Å². The Balaban J connectivity index is 1.68. The number of nitrogens with zero attached hydrogens (tertiary/aromatic N) is 2. The van der Waals surface area contributed by atoms with Crippen molar-refractivity contribution in [2.24, 2.45) is 7.05 Å². The number of para-hydroxylation sites is 1. The van der Waals surface area contributed by atoms with Gasteiger partial charge in [0.15, 0.2) is 5.11 Å². The molecule has 1 heterocycles. The van der Waals surface area contributed by atoms with Crippen molar-refractivity contribution in [3.63, 3.8) is 0 Å². The predicted molar refractivity (Wildman–Crippen MR) is 90.9 cm³/mol. The summed E-state index contributed by atoms with van der Waals surface area (Å²) in [7, 11) is 1.81. The number of nitrogens with one attached hydrogen (secondary N) is 3. The Morgan fingerprint density at radius 2 is 1.91 bits per heavy atom. The van der Waals surface area contributed by atoms with Crippen molar-refractivity contribution in [3.05, 3.63) is 47.8 Å². The fourth-order valence-corrected chi connectivity index (χ4v) is 2.03. The number of hydrogen-bond donors (Lipinski definition) is 3. The minimum atomic E-state index is -0.188. The largest absolute Gasteiger partial charge is 0.361 e. The van der Waals surface area contributed by atoms with E-state index in [9.17, 15) is 4.79 Å². The van der Waals surface area contributed by atoms with E-state index in [1.807, 2.05) is 37.3 Å². The van der Waals surface area contributed by atoms with Crippen LogP contribution in [0.25, 0.3) is 0 Å². The van der Waals surface area contributed by atoms with Crippen molar-refractivity contribution in [2.45, 2.75) is 6.92 Å². The minimum absolute atomic E-state index is 0.188. The fourth-order valence-electron chi connectivity index (χ4n) is 1.81. The number of carbonyl (C=O) groups is 1. The van der Waals surface area contributed by atoms with Gasteiger partial charge in [0.25, 0.3) is 5.91 Å². The SMILES string of the molecule is Cc1cc(C(=O)NCCNC(=S)Nc2ccccc2)nn1C. The smallest absolute Gasteiger partial charge is 0.271 e. The van der Waals surface area contributed by atoms with Crippen molar-refractivity contribution >= 4 is 28.9 Å². The highest BCUT2D eigenvalue weighted by molar-refractivity contribution is 7.80. The predicted octanol–water partition coefficient (Wildman–Crippen LogP) is 1.44. The van der Waals surface area contributed by atoms with Crippen LogP contribution in [-0.4, -0.2) is 33.9 Å². The van der Waals surface area contributed by atoms with E-state index in [0.717, 1.165) is 11.4 Å². The molecule has 0 atom stereocenters. The maximum atomic E-state index is 11.9. The zero-order valence-corrected chi connectivity index (χ0v) is 13.4. The highest BCUT2D eigenvalue weighted by Gasteiger charge is 2.09. The third kappa shape index (κ3) is 4.56. The van der Waals surface area contributed by atoms with E-state index >= 15 is 0 Å². The lowest BCUT2D eigenvalue weighted by Gasteiger charge is -2.10. The second-order valence-corrected chi connectivity index (χ2v) is 5.21. The van der Waals surface area contributed by atoms with Gasteiger partial charge in [-0.1, -0.05) is 18.2 Å². The molecule has 0 spiro atoms. The maximum absolute atomic E-state index is 11.9. The summed E-state index contributed by atoms with van der Waals surface area (Å²) in [5, 5.41) is 13.5. The molecule has 1 aromatic heterocycles. The zero-order valence-electron chi connectivity index (χ0n) is 12.6. The summed E-state index contributed by atoms with van der Waals surface area (Å²) >= 11 is 5.18. The molecule has 0 aliphatic carbocycles. The summed E-state index contributed by atoms with van der Waals surface area (Å²) in [5.74, 6) is -0.188. The van der Waals surface area contributed by atoms with E-state index in [2.05, 4.69) is 21.0 Å². The Labute approximate surface area is 134 Å². The summed E-state index contributed by atoms with van der Waals surface area (Å²) in [6, 6.07) is 11.4. The van der Waals surface area contributed by atoms with E-state index in [0.29, 0.717) is 23.9 Å². The number of anilines is 1. The van der Waals surface area contributed by atoms with Crippen LogP contribution in [0.15, 0.2) is 36.4 Å². The van der Waals surface area contributed by atoms with Crippen molar-refractivity contribution in [3.8, 4) is 0 Å². The third-order valence-electron chi connectivity index (χ3n) is 3.07. The van der Waals surface area contributed by atoms with Crippen LogP contribution >= 0.6 is 12.2 Å². The second kappa shape index (κ2) is 7.56. The molecule has 3 N–H and O–H groups in total. The van der Waals surface area contributed by atoms with E-state index in [1.165, 1.54) is 0 Å². The van der Waals surface area contributed by atoms with Crippen LogP contribution in [0.2, 0.25) is 0 Å². The Morgan fingerprint density at radius 3 is 2.55 bits per heavy atom. The Bertz CT molecular complexity index is 634. The standard InChI is InChI=1S/C15H19N5OS/c1-11-10-13(19-20(11)2)14(21)16-8-9-17-15(22)18-12-6-4-3-5-7-12/h3-7,10H,8-9H2,1-2H3,(H,16,21)(H2,17,18,22). The average Bonchev–Trinajstić information content (AvgIpc) is 2.84. The van der Waals surface area contributed by atoms with Crippen LogP contribution in [0, 0.1) is 6.92 Å². The van der Waals surface area contributed by atoms with Gasteiger partial charge in [0.2, 0.25) is 0 Å². The molecule has 0 radical (unpaired) electrons. The number of hydrogen-bond acceptors (Lipinski definition) is 3. The van der Waals surface area contributed by atoms with Crippen LogP contribution in [-0.2, 0) is 7.05 Å². The molecular weight excluding hydrogens is 298 g/mol. The molecule has 0 bridgehead atoms. The summed E-state index contributed by atoms with van der Waals surface area (Å²) in [4.78, 5) is 11.9. The van der Waals surface area contributed by atoms with Gasteiger partial charge in [-0.3, -0.25) is 9.48 Å². The number of benzene rings is 1. The van der Waals surface area contributed by atoms with Crippen LogP contribution in [0.4, 0.5) is 5.69 Å². The molecule has 0 saturated carbocycles. The van der Waals surface area contributed by atoms with E-state index < -0.39 is 0 Å².